The summed E-state index contributed by atoms with van der Waals surface area (Å²) in [5.41, 5.74) is 1.25. The molecule has 0 spiro atoms. The topological polar surface area (TPSA) is 9.23 Å². The van der Waals surface area contributed by atoms with E-state index < -0.39 is 0 Å². The predicted octanol–water partition coefficient (Wildman–Crippen LogP) is 5.58. The molecule has 0 aromatic carbocycles. The Bertz CT molecular complexity index is 374. The maximum atomic E-state index is 6.61. The van der Waals surface area contributed by atoms with E-state index in [2.05, 4.69) is 34.6 Å². The fourth-order valence-electron chi connectivity index (χ4n) is 6.09. The van der Waals surface area contributed by atoms with E-state index in [9.17, 15) is 0 Å². The van der Waals surface area contributed by atoms with Gasteiger partial charge in [-0.05, 0) is 74.5 Å². The zero-order valence-corrected chi connectivity index (χ0v) is 14.3. The maximum Gasteiger partial charge on any atom is 0.0656 e. The van der Waals surface area contributed by atoms with Crippen LogP contribution in [0.1, 0.15) is 86.0 Å². The molecular formula is C19H34O. The molecule has 1 heteroatoms. The summed E-state index contributed by atoms with van der Waals surface area (Å²) in [7, 11) is 0. The molecule has 5 atom stereocenters. The second-order valence-electron chi connectivity index (χ2n) is 9.08. The first-order chi connectivity index (χ1) is 9.31. The third kappa shape index (κ3) is 2.16. The largest absolute Gasteiger partial charge is 0.372 e. The highest BCUT2D eigenvalue weighted by Crippen LogP contribution is 2.62. The van der Waals surface area contributed by atoms with E-state index in [4.69, 9.17) is 4.74 Å². The summed E-state index contributed by atoms with van der Waals surface area (Å²) in [5.74, 6) is 1.74. The molecule has 0 bridgehead atoms. The van der Waals surface area contributed by atoms with E-state index in [1.165, 1.54) is 51.4 Å². The van der Waals surface area contributed by atoms with E-state index in [1.54, 1.807) is 0 Å². The van der Waals surface area contributed by atoms with E-state index in [-0.39, 0.29) is 5.60 Å². The Morgan fingerprint density at radius 1 is 0.950 bits per heavy atom. The molecule has 3 fully saturated rings. The zero-order valence-electron chi connectivity index (χ0n) is 14.3. The van der Waals surface area contributed by atoms with Gasteiger partial charge in [-0.1, -0.05) is 34.1 Å². The van der Waals surface area contributed by atoms with Crippen molar-refractivity contribution >= 4 is 0 Å². The summed E-state index contributed by atoms with van der Waals surface area (Å²) in [5, 5.41) is 0. The van der Waals surface area contributed by atoms with Crippen LogP contribution in [0.5, 0.6) is 0 Å². The lowest BCUT2D eigenvalue weighted by Gasteiger charge is -2.61. The van der Waals surface area contributed by atoms with Crippen molar-refractivity contribution in [2.45, 2.75) is 97.7 Å². The van der Waals surface area contributed by atoms with Crippen LogP contribution in [0, 0.1) is 22.7 Å². The fourth-order valence-corrected chi connectivity index (χ4v) is 6.09. The van der Waals surface area contributed by atoms with Gasteiger partial charge in [0, 0.05) is 0 Å². The van der Waals surface area contributed by atoms with Crippen molar-refractivity contribution in [2.75, 3.05) is 0 Å². The molecule has 116 valence electrons. The summed E-state index contributed by atoms with van der Waals surface area (Å²) in [4.78, 5) is 0. The Kier molecular flexibility index (Phi) is 3.52. The number of rotatable bonds is 1. The van der Waals surface area contributed by atoms with Crippen molar-refractivity contribution in [1.29, 1.82) is 0 Å². The average Bonchev–Trinajstić information content (AvgIpc) is 2.37. The number of ether oxygens (including phenoxy) is 1. The normalized spacial score (nSPS) is 51.1. The molecule has 0 aromatic rings. The SMILES string of the molecule is CC[C@@]1(C)CC[C@H]2[C@@H](CC[C@H]3C(C)(C)CCC[C@]23C)O1. The lowest BCUT2D eigenvalue weighted by Crippen LogP contribution is -2.57. The minimum Gasteiger partial charge on any atom is -0.372 e. The van der Waals surface area contributed by atoms with Gasteiger partial charge in [-0.15, -0.1) is 0 Å². The quantitative estimate of drug-likeness (QED) is 0.608. The van der Waals surface area contributed by atoms with Crippen LogP contribution >= 0.6 is 0 Å². The second-order valence-corrected chi connectivity index (χ2v) is 9.08. The molecule has 3 rings (SSSR count). The van der Waals surface area contributed by atoms with Crippen LogP contribution in [0.3, 0.4) is 0 Å². The van der Waals surface area contributed by atoms with Crippen molar-refractivity contribution in [3.63, 3.8) is 0 Å². The van der Waals surface area contributed by atoms with Crippen molar-refractivity contribution in [2.24, 2.45) is 22.7 Å². The van der Waals surface area contributed by atoms with Crippen LogP contribution in [0.2, 0.25) is 0 Å². The smallest absolute Gasteiger partial charge is 0.0656 e. The summed E-state index contributed by atoms with van der Waals surface area (Å²) < 4.78 is 6.61. The first-order valence-electron chi connectivity index (χ1n) is 8.99. The third-order valence-electron chi connectivity index (χ3n) is 7.48. The standard InChI is InChI=1S/C19H34O/c1-6-18(4)13-10-14-15(20-18)8-9-16-17(2,3)11-7-12-19(14,16)5/h14-16H,6-13H2,1-5H3/t14-,15+,16-,18-,19+/m0/s1. The Morgan fingerprint density at radius 3 is 2.40 bits per heavy atom. The van der Waals surface area contributed by atoms with Crippen LogP contribution < -0.4 is 0 Å². The van der Waals surface area contributed by atoms with Crippen molar-refractivity contribution in [1.82, 2.24) is 0 Å². The zero-order chi connectivity index (χ0) is 14.6. The van der Waals surface area contributed by atoms with Gasteiger partial charge in [0.1, 0.15) is 0 Å². The summed E-state index contributed by atoms with van der Waals surface area (Å²) in [6.45, 7) is 12.3. The molecule has 3 aliphatic rings. The van der Waals surface area contributed by atoms with Crippen LogP contribution in [-0.2, 0) is 4.74 Å². The lowest BCUT2D eigenvalue weighted by molar-refractivity contribution is -0.216. The van der Waals surface area contributed by atoms with Crippen molar-refractivity contribution < 1.29 is 4.74 Å². The third-order valence-corrected chi connectivity index (χ3v) is 7.48. The Hall–Kier alpha value is -0.0400. The molecule has 0 aromatic heterocycles. The number of fused-ring (bicyclic) bond motifs is 3. The van der Waals surface area contributed by atoms with Crippen LogP contribution in [0.4, 0.5) is 0 Å². The number of hydrogen-bond donors (Lipinski definition) is 0. The van der Waals surface area contributed by atoms with Crippen molar-refractivity contribution in [3.8, 4) is 0 Å². The molecule has 1 nitrogen and oxygen atoms in total. The first-order valence-corrected chi connectivity index (χ1v) is 8.99. The maximum absolute atomic E-state index is 6.61. The van der Waals surface area contributed by atoms with E-state index in [1.807, 2.05) is 0 Å². The monoisotopic (exact) mass is 278 g/mol. The van der Waals surface area contributed by atoms with Gasteiger partial charge in [0.05, 0.1) is 11.7 Å². The predicted molar refractivity (Wildman–Crippen MR) is 84.8 cm³/mol. The van der Waals surface area contributed by atoms with Crippen LogP contribution in [0.25, 0.3) is 0 Å². The second kappa shape index (κ2) is 4.73. The van der Waals surface area contributed by atoms with Gasteiger partial charge in [0.2, 0.25) is 0 Å². The average molecular weight is 278 g/mol. The Morgan fingerprint density at radius 2 is 1.70 bits per heavy atom. The van der Waals surface area contributed by atoms with Gasteiger partial charge in [0.15, 0.2) is 0 Å². The van der Waals surface area contributed by atoms with Gasteiger partial charge in [-0.3, -0.25) is 0 Å². The molecule has 0 unspecified atom stereocenters. The summed E-state index contributed by atoms with van der Waals surface area (Å²) >= 11 is 0. The Balaban J connectivity index is 1.85. The molecule has 2 saturated carbocycles. The van der Waals surface area contributed by atoms with Gasteiger partial charge < -0.3 is 4.74 Å². The highest BCUT2D eigenvalue weighted by atomic mass is 16.5. The molecular weight excluding hydrogens is 244 g/mol. The van der Waals surface area contributed by atoms with E-state index >= 15 is 0 Å². The molecule has 1 aliphatic heterocycles. The minimum atomic E-state index is 0.161. The molecule has 0 N–H and O–H groups in total. The fraction of sp³-hybridized carbons (Fsp3) is 1.00. The van der Waals surface area contributed by atoms with Crippen LogP contribution in [0.15, 0.2) is 0 Å². The molecule has 0 radical (unpaired) electrons. The molecule has 2 aliphatic carbocycles. The summed E-state index contributed by atoms with van der Waals surface area (Å²) in [6.07, 6.45) is 11.4. The Labute approximate surface area is 125 Å². The molecule has 20 heavy (non-hydrogen) atoms. The molecule has 1 heterocycles. The van der Waals surface area contributed by atoms with Crippen molar-refractivity contribution in [3.05, 3.63) is 0 Å². The highest BCUT2D eigenvalue weighted by molar-refractivity contribution is 5.06. The van der Waals surface area contributed by atoms with E-state index in [0.29, 0.717) is 16.9 Å². The molecule has 1 saturated heterocycles. The minimum absolute atomic E-state index is 0.161. The van der Waals surface area contributed by atoms with E-state index in [0.717, 1.165) is 11.8 Å². The van der Waals surface area contributed by atoms with Gasteiger partial charge in [-0.25, -0.2) is 0 Å². The summed E-state index contributed by atoms with van der Waals surface area (Å²) in [6, 6.07) is 0. The first kappa shape index (κ1) is 14.9. The van der Waals surface area contributed by atoms with Crippen LogP contribution in [-0.4, -0.2) is 11.7 Å². The number of hydrogen-bond acceptors (Lipinski definition) is 1. The molecule has 0 amide bonds. The van der Waals surface area contributed by atoms with Gasteiger partial charge in [0.25, 0.3) is 0 Å². The highest BCUT2D eigenvalue weighted by Gasteiger charge is 2.56. The van der Waals surface area contributed by atoms with Gasteiger partial charge >= 0.3 is 0 Å². The van der Waals surface area contributed by atoms with Gasteiger partial charge in [-0.2, -0.15) is 0 Å². The lowest BCUT2D eigenvalue weighted by atomic mass is 9.46.